The monoisotopic (exact) mass is 378 g/mol. The third-order valence-corrected chi connectivity index (χ3v) is 4.15. The standard InChI is InChI=1S/C21H26N6O/c1-4-22-21(23-13-16-7-5-6-15(2)12-16)24-14-19-25-20(27-26-19)17-8-10-18(28-3)11-9-17/h5-12H,4,13-14H2,1-3H3,(H2,22,23,24)(H,25,26,27). The van der Waals surface area contributed by atoms with Crippen LogP contribution in [0.3, 0.4) is 0 Å². The maximum Gasteiger partial charge on any atom is 0.191 e. The van der Waals surface area contributed by atoms with Crippen molar-refractivity contribution in [3.8, 4) is 17.1 Å². The lowest BCUT2D eigenvalue weighted by atomic mass is 10.1. The molecule has 146 valence electrons. The lowest BCUT2D eigenvalue weighted by Crippen LogP contribution is -2.37. The van der Waals surface area contributed by atoms with E-state index in [1.807, 2.05) is 31.2 Å². The van der Waals surface area contributed by atoms with Crippen molar-refractivity contribution in [2.24, 2.45) is 4.99 Å². The highest BCUT2D eigenvalue weighted by molar-refractivity contribution is 5.79. The van der Waals surface area contributed by atoms with Gasteiger partial charge in [0.25, 0.3) is 0 Å². The van der Waals surface area contributed by atoms with Crippen molar-refractivity contribution in [1.29, 1.82) is 0 Å². The van der Waals surface area contributed by atoms with Crippen LogP contribution in [0.15, 0.2) is 53.5 Å². The minimum Gasteiger partial charge on any atom is -0.497 e. The summed E-state index contributed by atoms with van der Waals surface area (Å²) in [6, 6.07) is 16.0. The summed E-state index contributed by atoms with van der Waals surface area (Å²) < 4.78 is 5.18. The van der Waals surface area contributed by atoms with Crippen molar-refractivity contribution in [1.82, 2.24) is 25.8 Å². The summed E-state index contributed by atoms with van der Waals surface area (Å²) in [4.78, 5) is 9.19. The maximum absolute atomic E-state index is 5.18. The number of hydrogen-bond donors (Lipinski definition) is 3. The van der Waals surface area contributed by atoms with Gasteiger partial charge in [0.1, 0.15) is 11.6 Å². The third kappa shape index (κ3) is 5.33. The summed E-state index contributed by atoms with van der Waals surface area (Å²) in [6.07, 6.45) is 0. The number of rotatable bonds is 7. The predicted molar refractivity (Wildman–Crippen MR) is 111 cm³/mol. The molecule has 0 unspecified atom stereocenters. The molecule has 7 heteroatoms. The molecule has 0 amide bonds. The maximum atomic E-state index is 5.18. The second kappa shape index (κ2) is 9.55. The van der Waals surface area contributed by atoms with Gasteiger partial charge < -0.3 is 15.4 Å². The molecule has 28 heavy (non-hydrogen) atoms. The van der Waals surface area contributed by atoms with Crippen LogP contribution in [-0.2, 0) is 13.1 Å². The van der Waals surface area contributed by atoms with Gasteiger partial charge in [-0.25, -0.2) is 9.98 Å². The number of aryl methyl sites for hydroxylation is 1. The van der Waals surface area contributed by atoms with Crippen molar-refractivity contribution in [2.45, 2.75) is 26.9 Å². The molecule has 3 N–H and O–H groups in total. The molecule has 1 heterocycles. The first-order valence-electron chi connectivity index (χ1n) is 9.31. The van der Waals surface area contributed by atoms with E-state index < -0.39 is 0 Å². The number of methoxy groups -OCH3 is 1. The first kappa shape index (κ1) is 19.4. The van der Waals surface area contributed by atoms with Gasteiger partial charge in [0.15, 0.2) is 11.8 Å². The van der Waals surface area contributed by atoms with E-state index in [1.165, 1.54) is 11.1 Å². The smallest absolute Gasteiger partial charge is 0.191 e. The van der Waals surface area contributed by atoms with Crippen LogP contribution < -0.4 is 15.4 Å². The van der Waals surface area contributed by atoms with Crippen LogP contribution in [-0.4, -0.2) is 34.8 Å². The number of guanidine groups is 1. The fourth-order valence-electron chi connectivity index (χ4n) is 2.73. The van der Waals surface area contributed by atoms with Gasteiger partial charge in [-0.05, 0) is 43.7 Å². The van der Waals surface area contributed by atoms with Crippen molar-refractivity contribution in [2.75, 3.05) is 13.7 Å². The number of aliphatic imine (C=N–C) groups is 1. The Morgan fingerprint density at radius 2 is 1.96 bits per heavy atom. The molecular weight excluding hydrogens is 352 g/mol. The summed E-state index contributed by atoms with van der Waals surface area (Å²) in [5.74, 6) is 2.95. The van der Waals surface area contributed by atoms with Crippen molar-refractivity contribution >= 4 is 5.96 Å². The zero-order valence-electron chi connectivity index (χ0n) is 16.5. The molecule has 0 saturated heterocycles. The van der Waals surface area contributed by atoms with Crippen molar-refractivity contribution < 1.29 is 4.74 Å². The largest absolute Gasteiger partial charge is 0.497 e. The summed E-state index contributed by atoms with van der Waals surface area (Å²) in [6.45, 7) is 6.03. The highest BCUT2D eigenvalue weighted by Crippen LogP contribution is 2.18. The molecule has 0 aliphatic rings. The van der Waals surface area contributed by atoms with Gasteiger partial charge in [-0.2, -0.15) is 5.10 Å². The average Bonchev–Trinajstić information content (AvgIpc) is 3.19. The number of nitrogens with zero attached hydrogens (tertiary/aromatic N) is 3. The Bertz CT molecular complexity index is 917. The van der Waals surface area contributed by atoms with E-state index >= 15 is 0 Å². The highest BCUT2D eigenvalue weighted by atomic mass is 16.5. The van der Waals surface area contributed by atoms with Gasteiger partial charge in [-0.15, -0.1) is 0 Å². The Morgan fingerprint density at radius 3 is 2.68 bits per heavy atom. The van der Waals surface area contributed by atoms with Crippen LogP contribution in [0.4, 0.5) is 0 Å². The molecule has 2 aromatic carbocycles. The highest BCUT2D eigenvalue weighted by Gasteiger charge is 2.07. The van der Waals surface area contributed by atoms with Gasteiger partial charge >= 0.3 is 0 Å². The number of ether oxygens (including phenoxy) is 1. The fraction of sp³-hybridized carbons (Fsp3) is 0.286. The fourth-order valence-corrected chi connectivity index (χ4v) is 2.73. The van der Waals surface area contributed by atoms with E-state index in [0.717, 1.165) is 29.6 Å². The zero-order chi connectivity index (χ0) is 19.8. The van der Waals surface area contributed by atoms with Crippen molar-refractivity contribution in [3.05, 3.63) is 65.5 Å². The Labute approximate surface area is 165 Å². The van der Waals surface area contributed by atoms with Crippen LogP contribution in [0.25, 0.3) is 11.4 Å². The van der Waals surface area contributed by atoms with E-state index in [1.54, 1.807) is 7.11 Å². The summed E-state index contributed by atoms with van der Waals surface area (Å²) >= 11 is 0. The van der Waals surface area contributed by atoms with Gasteiger partial charge in [0.05, 0.1) is 20.2 Å². The Morgan fingerprint density at radius 1 is 1.14 bits per heavy atom. The minimum absolute atomic E-state index is 0.503. The van der Waals surface area contributed by atoms with E-state index in [0.29, 0.717) is 18.9 Å². The van der Waals surface area contributed by atoms with Crippen molar-refractivity contribution in [3.63, 3.8) is 0 Å². The number of H-pyrrole nitrogens is 1. The van der Waals surface area contributed by atoms with Crippen LogP contribution in [0.1, 0.15) is 23.9 Å². The molecule has 3 rings (SSSR count). The van der Waals surface area contributed by atoms with E-state index in [2.05, 4.69) is 62.0 Å². The number of hydrogen-bond acceptors (Lipinski definition) is 4. The van der Waals surface area contributed by atoms with E-state index in [4.69, 9.17) is 4.74 Å². The molecule has 0 fully saturated rings. The number of benzene rings is 2. The van der Waals surface area contributed by atoms with Gasteiger partial charge in [-0.3, -0.25) is 5.10 Å². The first-order chi connectivity index (χ1) is 13.7. The number of aromatic amines is 1. The molecule has 0 aliphatic heterocycles. The van der Waals surface area contributed by atoms with E-state index in [-0.39, 0.29) is 0 Å². The van der Waals surface area contributed by atoms with E-state index in [9.17, 15) is 0 Å². The topological polar surface area (TPSA) is 87.2 Å². The molecule has 0 atom stereocenters. The average molecular weight is 378 g/mol. The van der Waals surface area contributed by atoms with Gasteiger partial charge in [0.2, 0.25) is 0 Å². The summed E-state index contributed by atoms with van der Waals surface area (Å²) in [5.41, 5.74) is 3.35. The Kier molecular flexibility index (Phi) is 6.62. The summed E-state index contributed by atoms with van der Waals surface area (Å²) in [5, 5.41) is 13.8. The van der Waals surface area contributed by atoms with Crippen LogP contribution in [0.2, 0.25) is 0 Å². The zero-order valence-corrected chi connectivity index (χ0v) is 16.5. The lowest BCUT2D eigenvalue weighted by Gasteiger charge is -2.10. The van der Waals surface area contributed by atoms with Crippen LogP contribution in [0.5, 0.6) is 5.75 Å². The molecule has 0 aliphatic carbocycles. The predicted octanol–water partition coefficient (Wildman–Crippen LogP) is 3.04. The lowest BCUT2D eigenvalue weighted by molar-refractivity contribution is 0.415. The second-order valence-electron chi connectivity index (χ2n) is 6.37. The molecule has 0 saturated carbocycles. The van der Waals surface area contributed by atoms with Crippen LogP contribution >= 0.6 is 0 Å². The van der Waals surface area contributed by atoms with Gasteiger partial charge in [0, 0.05) is 12.1 Å². The number of aromatic nitrogens is 3. The SMILES string of the molecule is CCNC(=NCc1cccc(C)c1)NCc1nc(-c2ccc(OC)cc2)n[nH]1. The molecule has 0 spiro atoms. The minimum atomic E-state index is 0.503. The first-order valence-corrected chi connectivity index (χ1v) is 9.31. The molecule has 0 bridgehead atoms. The quantitative estimate of drug-likeness (QED) is 0.434. The second-order valence-corrected chi connectivity index (χ2v) is 6.37. The molecule has 7 nitrogen and oxygen atoms in total. The van der Waals surface area contributed by atoms with Crippen LogP contribution in [0, 0.1) is 6.92 Å². The Hall–Kier alpha value is -3.35. The van der Waals surface area contributed by atoms with Gasteiger partial charge in [-0.1, -0.05) is 29.8 Å². The third-order valence-electron chi connectivity index (χ3n) is 4.15. The molecule has 0 radical (unpaired) electrons. The molecule has 3 aromatic rings. The Balaban J connectivity index is 1.61. The molecule has 1 aromatic heterocycles. The normalized spacial score (nSPS) is 11.3. The number of nitrogens with one attached hydrogen (secondary N) is 3. The summed E-state index contributed by atoms with van der Waals surface area (Å²) in [7, 11) is 1.65. The molecular formula is C21H26N6O.